The second-order valence-electron chi connectivity index (χ2n) is 4.22. The Balaban J connectivity index is 2.35. The minimum absolute atomic E-state index is 0.345. The van der Waals surface area contributed by atoms with Gasteiger partial charge in [0.1, 0.15) is 5.54 Å². The molecule has 0 aromatic heterocycles. The van der Waals surface area contributed by atoms with Crippen LogP contribution in [0.25, 0.3) is 0 Å². The molecule has 2 nitrogen and oxygen atoms in total. The highest BCUT2D eigenvalue weighted by atomic mass is 15.0. The Morgan fingerprint density at radius 1 is 1.25 bits per heavy atom. The third kappa shape index (κ3) is 2.83. The molecule has 0 amide bonds. The molecule has 1 saturated carbocycles. The third-order valence-corrected chi connectivity index (χ3v) is 2.45. The van der Waals surface area contributed by atoms with Gasteiger partial charge in [0, 0.05) is 6.04 Å². The van der Waals surface area contributed by atoms with Gasteiger partial charge < -0.3 is 0 Å². The standard InChI is InChI=1S/C10H18N2/c1-10(2,8-11)12-9-6-4-3-5-7-9/h9,12H,3-7H2,1-2H3. The molecule has 0 aromatic carbocycles. The molecule has 2 heteroatoms. The number of nitrogens with zero attached hydrogens (tertiary/aromatic N) is 1. The number of nitriles is 1. The summed E-state index contributed by atoms with van der Waals surface area (Å²) in [4.78, 5) is 0. The average molecular weight is 166 g/mol. The fourth-order valence-corrected chi connectivity index (χ4v) is 1.79. The second kappa shape index (κ2) is 3.91. The van der Waals surface area contributed by atoms with Crippen molar-refractivity contribution in [1.82, 2.24) is 5.32 Å². The van der Waals surface area contributed by atoms with Crippen molar-refractivity contribution in [2.24, 2.45) is 0 Å². The van der Waals surface area contributed by atoms with Crippen molar-refractivity contribution in [1.29, 1.82) is 5.26 Å². The van der Waals surface area contributed by atoms with Gasteiger partial charge in [-0.2, -0.15) is 5.26 Å². The van der Waals surface area contributed by atoms with E-state index in [9.17, 15) is 0 Å². The fourth-order valence-electron chi connectivity index (χ4n) is 1.79. The molecular formula is C10H18N2. The Morgan fingerprint density at radius 2 is 1.83 bits per heavy atom. The maximum absolute atomic E-state index is 8.81. The summed E-state index contributed by atoms with van der Waals surface area (Å²) >= 11 is 0. The molecule has 68 valence electrons. The van der Waals surface area contributed by atoms with Gasteiger partial charge in [0.2, 0.25) is 0 Å². The predicted molar refractivity (Wildman–Crippen MR) is 49.7 cm³/mol. The molecule has 1 N–H and O–H groups in total. The lowest BCUT2D eigenvalue weighted by atomic mass is 9.93. The van der Waals surface area contributed by atoms with Crippen molar-refractivity contribution < 1.29 is 0 Å². The van der Waals surface area contributed by atoms with Gasteiger partial charge in [0.25, 0.3) is 0 Å². The first-order chi connectivity index (χ1) is 5.64. The minimum Gasteiger partial charge on any atom is -0.297 e. The normalized spacial score (nSPS) is 20.4. The van der Waals surface area contributed by atoms with Crippen LogP contribution in [-0.2, 0) is 0 Å². The van der Waals surface area contributed by atoms with Gasteiger partial charge in [0.15, 0.2) is 0 Å². The van der Waals surface area contributed by atoms with Gasteiger partial charge in [-0.1, -0.05) is 19.3 Å². The molecule has 0 bridgehead atoms. The molecular weight excluding hydrogens is 148 g/mol. The van der Waals surface area contributed by atoms with Crippen LogP contribution < -0.4 is 5.32 Å². The van der Waals surface area contributed by atoms with Gasteiger partial charge in [0.05, 0.1) is 6.07 Å². The summed E-state index contributed by atoms with van der Waals surface area (Å²) in [5.41, 5.74) is -0.345. The molecule has 0 radical (unpaired) electrons. The van der Waals surface area contributed by atoms with E-state index in [1.165, 1.54) is 32.1 Å². The lowest BCUT2D eigenvalue weighted by molar-refractivity contribution is 0.320. The highest BCUT2D eigenvalue weighted by molar-refractivity contribution is 5.01. The van der Waals surface area contributed by atoms with Crippen LogP contribution in [0, 0.1) is 11.3 Å². The molecule has 1 fully saturated rings. The van der Waals surface area contributed by atoms with Crippen molar-refractivity contribution in [3.63, 3.8) is 0 Å². The maximum atomic E-state index is 8.81. The molecule has 1 aliphatic carbocycles. The molecule has 1 aliphatic rings. The largest absolute Gasteiger partial charge is 0.297 e. The summed E-state index contributed by atoms with van der Waals surface area (Å²) in [7, 11) is 0. The van der Waals surface area contributed by atoms with E-state index in [1.54, 1.807) is 0 Å². The number of hydrogen-bond acceptors (Lipinski definition) is 2. The Labute approximate surface area is 75.0 Å². The Bertz CT molecular complexity index is 173. The highest BCUT2D eigenvalue weighted by Crippen LogP contribution is 2.19. The molecule has 0 aromatic rings. The van der Waals surface area contributed by atoms with Gasteiger partial charge in [-0.05, 0) is 26.7 Å². The van der Waals surface area contributed by atoms with E-state index in [1.807, 2.05) is 13.8 Å². The van der Waals surface area contributed by atoms with E-state index in [0.29, 0.717) is 6.04 Å². The van der Waals surface area contributed by atoms with Gasteiger partial charge in [-0.25, -0.2) is 0 Å². The first-order valence-electron chi connectivity index (χ1n) is 4.83. The molecule has 0 spiro atoms. The Hall–Kier alpha value is -0.550. The van der Waals surface area contributed by atoms with E-state index in [-0.39, 0.29) is 5.54 Å². The number of hydrogen-bond donors (Lipinski definition) is 1. The third-order valence-electron chi connectivity index (χ3n) is 2.45. The smallest absolute Gasteiger partial charge is 0.101 e. The zero-order valence-corrected chi connectivity index (χ0v) is 8.06. The van der Waals surface area contributed by atoms with E-state index in [2.05, 4.69) is 11.4 Å². The minimum atomic E-state index is -0.345. The van der Waals surface area contributed by atoms with Crippen LogP contribution >= 0.6 is 0 Å². The first kappa shape index (κ1) is 9.54. The van der Waals surface area contributed by atoms with E-state index < -0.39 is 0 Å². The van der Waals surface area contributed by atoms with Gasteiger partial charge >= 0.3 is 0 Å². The number of nitrogens with one attached hydrogen (secondary N) is 1. The molecule has 0 heterocycles. The van der Waals surface area contributed by atoms with Crippen molar-refractivity contribution >= 4 is 0 Å². The first-order valence-corrected chi connectivity index (χ1v) is 4.83. The molecule has 1 rings (SSSR count). The van der Waals surface area contributed by atoms with E-state index >= 15 is 0 Å². The summed E-state index contributed by atoms with van der Waals surface area (Å²) < 4.78 is 0. The second-order valence-corrected chi connectivity index (χ2v) is 4.22. The summed E-state index contributed by atoms with van der Waals surface area (Å²) in [6.45, 7) is 3.89. The molecule has 0 saturated heterocycles. The zero-order valence-electron chi connectivity index (χ0n) is 8.06. The van der Waals surface area contributed by atoms with Gasteiger partial charge in [-0.3, -0.25) is 5.32 Å². The van der Waals surface area contributed by atoms with Crippen molar-refractivity contribution in [2.75, 3.05) is 0 Å². The lowest BCUT2D eigenvalue weighted by Crippen LogP contribution is -2.45. The van der Waals surface area contributed by atoms with Crippen molar-refractivity contribution in [2.45, 2.75) is 57.5 Å². The zero-order chi connectivity index (χ0) is 9.03. The molecule has 12 heavy (non-hydrogen) atoms. The average Bonchev–Trinajstić information content (AvgIpc) is 2.06. The quantitative estimate of drug-likeness (QED) is 0.682. The monoisotopic (exact) mass is 166 g/mol. The van der Waals surface area contributed by atoms with Crippen molar-refractivity contribution in [3.8, 4) is 6.07 Å². The summed E-state index contributed by atoms with van der Waals surface area (Å²) in [6.07, 6.45) is 6.49. The summed E-state index contributed by atoms with van der Waals surface area (Å²) in [6, 6.07) is 2.85. The Kier molecular flexibility index (Phi) is 3.11. The fraction of sp³-hybridized carbons (Fsp3) is 0.900. The van der Waals surface area contributed by atoms with E-state index in [0.717, 1.165) is 0 Å². The van der Waals surface area contributed by atoms with Crippen LogP contribution in [0.4, 0.5) is 0 Å². The van der Waals surface area contributed by atoms with Crippen LogP contribution in [0.2, 0.25) is 0 Å². The van der Waals surface area contributed by atoms with Crippen LogP contribution in [0.15, 0.2) is 0 Å². The van der Waals surface area contributed by atoms with Crippen LogP contribution in [0.1, 0.15) is 46.0 Å². The predicted octanol–water partition coefficient (Wildman–Crippen LogP) is 2.21. The topological polar surface area (TPSA) is 35.8 Å². The van der Waals surface area contributed by atoms with Crippen molar-refractivity contribution in [3.05, 3.63) is 0 Å². The van der Waals surface area contributed by atoms with Crippen LogP contribution in [0.5, 0.6) is 0 Å². The lowest BCUT2D eigenvalue weighted by Gasteiger charge is -2.29. The molecule has 0 atom stereocenters. The number of rotatable bonds is 2. The summed E-state index contributed by atoms with van der Waals surface area (Å²) in [5.74, 6) is 0. The molecule has 0 aliphatic heterocycles. The SMILES string of the molecule is CC(C)(C#N)NC1CCCCC1. The van der Waals surface area contributed by atoms with Gasteiger partial charge in [-0.15, -0.1) is 0 Å². The molecule has 0 unspecified atom stereocenters. The summed E-state index contributed by atoms with van der Waals surface area (Å²) in [5, 5.41) is 12.2. The van der Waals surface area contributed by atoms with E-state index in [4.69, 9.17) is 5.26 Å². The Morgan fingerprint density at radius 3 is 2.33 bits per heavy atom. The van der Waals surface area contributed by atoms with Crippen LogP contribution in [-0.4, -0.2) is 11.6 Å². The maximum Gasteiger partial charge on any atom is 0.101 e. The van der Waals surface area contributed by atoms with Crippen LogP contribution in [0.3, 0.4) is 0 Å². The highest BCUT2D eigenvalue weighted by Gasteiger charge is 2.22.